The average Bonchev–Trinajstić information content (AvgIpc) is 3.35. The van der Waals surface area contributed by atoms with Crippen LogP contribution in [-0.4, -0.2) is 13.1 Å². The molecule has 2 aliphatic rings. The van der Waals surface area contributed by atoms with Crippen molar-refractivity contribution in [1.82, 2.24) is 4.98 Å². The summed E-state index contributed by atoms with van der Waals surface area (Å²) in [5.41, 5.74) is 7.43. The molecule has 7 nitrogen and oxygen atoms in total. The second-order valence-corrected chi connectivity index (χ2v) is 19.2. The summed E-state index contributed by atoms with van der Waals surface area (Å²) in [6, 6.07) is 79.6. The Morgan fingerprint density at radius 1 is 0.413 bits per heavy atom. The maximum Gasteiger partial charge on any atom is 0.184 e. The van der Waals surface area contributed by atoms with Gasteiger partial charge in [0.1, 0.15) is 11.6 Å². The number of aromatic nitrogens is 1. The standard InChI is InChI=1S/C55H36N6OSi/c56-37-39-27-31-41(32-28-39)59(42-33-29-40(38-57)30-34-42)43-35-54(60-46-19-7-11-23-50(46)62-51-24-12-8-20-47(51)60)58-55(36-43)61-48-21-9-13-25-52(48)63(44-15-3-1-4-16-44,45-17-5-2-6-18-45)53-26-14-10-22-49(53)61/h1-36H. The molecular formula is C55H36N6OSi. The fraction of sp³-hybridized carbons (Fsp3) is 0. The van der Waals surface area contributed by atoms with Crippen LogP contribution in [0.1, 0.15) is 11.1 Å². The zero-order valence-electron chi connectivity index (χ0n) is 33.9. The first-order valence-corrected chi connectivity index (χ1v) is 22.7. The van der Waals surface area contributed by atoms with Crippen LogP contribution in [0.15, 0.2) is 218 Å². The summed E-state index contributed by atoms with van der Waals surface area (Å²) in [7, 11) is -2.91. The van der Waals surface area contributed by atoms with Crippen LogP contribution in [-0.2, 0) is 0 Å². The van der Waals surface area contributed by atoms with Crippen LogP contribution in [0.4, 0.5) is 51.4 Å². The second kappa shape index (κ2) is 15.4. The van der Waals surface area contributed by atoms with Crippen LogP contribution in [0.5, 0.6) is 11.5 Å². The molecule has 0 amide bonds. The van der Waals surface area contributed by atoms with Crippen molar-refractivity contribution in [2.24, 2.45) is 0 Å². The van der Waals surface area contributed by atoms with Gasteiger partial charge in [-0.3, -0.25) is 9.80 Å². The molecule has 0 bridgehead atoms. The molecule has 8 aromatic carbocycles. The van der Waals surface area contributed by atoms with Crippen LogP contribution < -0.4 is 40.2 Å². The average molecular weight is 825 g/mol. The molecule has 0 radical (unpaired) electrons. The summed E-state index contributed by atoms with van der Waals surface area (Å²) in [5.74, 6) is 2.82. The fourth-order valence-corrected chi connectivity index (χ4v) is 14.4. The van der Waals surface area contributed by atoms with Crippen molar-refractivity contribution in [2.75, 3.05) is 14.7 Å². The smallest absolute Gasteiger partial charge is 0.184 e. The molecule has 3 heterocycles. The zero-order valence-corrected chi connectivity index (χ0v) is 34.9. The van der Waals surface area contributed by atoms with Gasteiger partial charge in [-0.1, -0.05) is 121 Å². The minimum absolute atomic E-state index is 0.558. The van der Waals surface area contributed by atoms with E-state index < -0.39 is 8.07 Å². The van der Waals surface area contributed by atoms with Gasteiger partial charge in [0.05, 0.1) is 40.3 Å². The molecular weight excluding hydrogens is 789 g/mol. The Morgan fingerprint density at radius 3 is 1.24 bits per heavy atom. The van der Waals surface area contributed by atoms with Crippen LogP contribution in [0.25, 0.3) is 0 Å². The largest absolute Gasteiger partial charge is 0.453 e. The number of para-hydroxylation sites is 6. The summed E-state index contributed by atoms with van der Waals surface area (Å²) < 4.78 is 6.50. The third-order valence-corrected chi connectivity index (χ3v) is 16.8. The fourth-order valence-electron chi connectivity index (χ4n) is 9.27. The Bertz CT molecular complexity index is 3060. The molecule has 0 unspecified atom stereocenters. The number of hydrogen-bond acceptors (Lipinski definition) is 7. The normalized spacial score (nSPS) is 12.9. The minimum atomic E-state index is -2.91. The van der Waals surface area contributed by atoms with Crippen LogP contribution >= 0.6 is 0 Å². The van der Waals surface area contributed by atoms with E-state index in [1.165, 1.54) is 20.7 Å². The molecule has 9 aromatic rings. The molecule has 1 aromatic heterocycles. The van der Waals surface area contributed by atoms with Gasteiger partial charge in [-0.15, -0.1) is 0 Å². The van der Waals surface area contributed by atoms with Crippen LogP contribution in [0, 0.1) is 22.7 Å². The minimum Gasteiger partial charge on any atom is -0.453 e. The van der Waals surface area contributed by atoms with E-state index in [1.54, 1.807) is 0 Å². The quantitative estimate of drug-likeness (QED) is 0.148. The Morgan fingerprint density at radius 2 is 0.794 bits per heavy atom. The molecule has 11 rings (SSSR count). The molecule has 0 atom stereocenters. The molecule has 8 heteroatoms. The van der Waals surface area contributed by atoms with Gasteiger partial charge in [-0.25, -0.2) is 4.98 Å². The Labute approximate surface area is 366 Å². The van der Waals surface area contributed by atoms with Gasteiger partial charge in [0.2, 0.25) is 0 Å². The lowest BCUT2D eigenvalue weighted by atomic mass is 10.1. The lowest BCUT2D eigenvalue weighted by molar-refractivity contribution is 0.476. The molecule has 0 saturated heterocycles. The van der Waals surface area contributed by atoms with E-state index in [0.717, 1.165) is 51.3 Å². The summed E-state index contributed by atoms with van der Waals surface area (Å²) in [6.07, 6.45) is 0. The molecule has 296 valence electrons. The Balaban J connectivity index is 1.22. The first-order valence-electron chi connectivity index (χ1n) is 20.7. The van der Waals surface area contributed by atoms with E-state index in [1.807, 2.05) is 84.9 Å². The summed E-state index contributed by atoms with van der Waals surface area (Å²) in [4.78, 5) is 12.3. The monoisotopic (exact) mass is 824 g/mol. The third-order valence-electron chi connectivity index (χ3n) is 12.0. The highest BCUT2D eigenvalue weighted by Gasteiger charge is 2.49. The van der Waals surface area contributed by atoms with Crippen LogP contribution in [0.2, 0.25) is 0 Å². The van der Waals surface area contributed by atoms with E-state index in [-0.39, 0.29) is 0 Å². The van der Waals surface area contributed by atoms with Crippen molar-refractivity contribution in [1.29, 1.82) is 10.5 Å². The molecule has 2 aliphatic heterocycles. The molecule has 0 saturated carbocycles. The molecule has 63 heavy (non-hydrogen) atoms. The predicted molar refractivity (Wildman–Crippen MR) is 255 cm³/mol. The van der Waals surface area contributed by atoms with Crippen molar-refractivity contribution < 1.29 is 4.74 Å². The first-order chi connectivity index (χ1) is 31.1. The van der Waals surface area contributed by atoms with Crippen molar-refractivity contribution in [3.8, 4) is 23.6 Å². The maximum absolute atomic E-state index is 9.80. The van der Waals surface area contributed by atoms with Crippen molar-refractivity contribution in [2.45, 2.75) is 0 Å². The second-order valence-electron chi connectivity index (χ2n) is 15.4. The van der Waals surface area contributed by atoms with Gasteiger partial charge in [-0.05, 0) is 106 Å². The van der Waals surface area contributed by atoms with Gasteiger partial charge < -0.3 is 9.64 Å². The van der Waals surface area contributed by atoms with Crippen molar-refractivity contribution in [3.05, 3.63) is 230 Å². The Hall–Kier alpha value is -8.69. The summed E-state index contributed by atoms with van der Waals surface area (Å²) in [5, 5.41) is 24.7. The number of benzene rings is 8. The lowest BCUT2D eigenvalue weighted by Crippen LogP contribution is -2.77. The van der Waals surface area contributed by atoms with Crippen molar-refractivity contribution in [3.63, 3.8) is 0 Å². The lowest BCUT2D eigenvalue weighted by Gasteiger charge is -2.45. The molecule has 0 aliphatic carbocycles. The SMILES string of the molecule is N#Cc1ccc(N(c2ccc(C#N)cc2)c2cc(N3c4ccccc4Oc4ccccc43)nc(N3c4ccccc4[Si](c4ccccc4)(c4ccccc4)c4ccccc43)c2)cc1. The number of rotatable bonds is 7. The third kappa shape index (κ3) is 6.13. The molecule has 0 spiro atoms. The molecule has 0 N–H and O–H groups in total. The van der Waals surface area contributed by atoms with E-state index >= 15 is 0 Å². The van der Waals surface area contributed by atoms with Gasteiger partial charge >= 0.3 is 0 Å². The topological polar surface area (TPSA) is 79.4 Å². The predicted octanol–water partition coefficient (Wildman–Crippen LogP) is 11.0. The number of hydrogen-bond donors (Lipinski definition) is 0. The van der Waals surface area contributed by atoms with Crippen LogP contribution in [0.3, 0.4) is 0 Å². The van der Waals surface area contributed by atoms with Gasteiger partial charge in [0.15, 0.2) is 19.6 Å². The highest BCUT2D eigenvalue weighted by molar-refractivity contribution is 7.21. The summed E-state index contributed by atoms with van der Waals surface area (Å²) >= 11 is 0. The number of fused-ring (bicyclic) bond motifs is 4. The van der Waals surface area contributed by atoms with E-state index in [2.05, 4.69) is 160 Å². The van der Waals surface area contributed by atoms with E-state index in [0.29, 0.717) is 22.8 Å². The van der Waals surface area contributed by atoms with E-state index in [4.69, 9.17) is 9.72 Å². The number of nitrogens with zero attached hydrogens (tertiary/aromatic N) is 6. The number of ether oxygens (including phenoxy) is 1. The maximum atomic E-state index is 9.80. The van der Waals surface area contributed by atoms with Gasteiger partial charge in [0.25, 0.3) is 0 Å². The number of anilines is 9. The highest BCUT2D eigenvalue weighted by atomic mass is 28.3. The number of nitriles is 2. The van der Waals surface area contributed by atoms with E-state index in [9.17, 15) is 10.5 Å². The zero-order chi connectivity index (χ0) is 42.3. The summed E-state index contributed by atoms with van der Waals surface area (Å²) in [6.45, 7) is 0. The Kier molecular flexibility index (Phi) is 9.12. The van der Waals surface area contributed by atoms with Crippen molar-refractivity contribution >= 4 is 80.3 Å². The van der Waals surface area contributed by atoms with Gasteiger partial charge in [0, 0.05) is 34.9 Å². The number of pyridine rings is 1. The van der Waals surface area contributed by atoms with Gasteiger partial charge in [-0.2, -0.15) is 10.5 Å². The molecule has 0 fully saturated rings. The first kappa shape index (κ1) is 37.3. The highest BCUT2D eigenvalue weighted by Crippen LogP contribution is 2.52.